The highest BCUT2D eigenvalue weighted by Crippen LogP contribution is 2.38. The van der Waals surface area contributed by atoms with Crippen LogP contribution in [0.1, 0.15) is 37.3 Å². The Kier molecular flexibility index (Phi) is 4.37. The number of nitrogens with one attached hydrogen (secondary N) is 1. The Hall–Kier alpha value is -1.10. The lowest BCUT2D eigenvalue weighted by Crippen LogP contribution is -2.38. The lowest BCUT2D eigenvalue weighted by Gasteiger charge is -2.35. The molecule has 1 N–H and O–H groups in total. The first-order chi connectivity index (χ1) is 9.30. The van der Waals surface area contributed by atoms with Crippen molar-refractivity contribution >= 4 is 0 Å². The molecule has 0 aliphatic carbocycles. The SMILES string of the molecule is CC(C)C1CNCCC1c1ccc(F)c(C(F)(F)F)c1. The molecule has 1 saturated heterocycles. The highest BCUT2D eigenvalue weighted by Gasteiger charge is 2.36. The second kappa shape index (κ2) is 5.72. The van der Waals surface area contributed by atoms with E-state index in [1.165, 1.54) is 6.07 Å². The fourth-order valence-electron chi connectivity index (χ4n) is 2.99. The van der Waals surface area contributed by atoms with Crippen LogP contribution in [0.2, 0.25) is 0 Å². The second-order valence-electron chi connectivity index (χ2n) is 5.74. The van der Waals surface area contributed by atoms with Crippen LogP contribution in [0.15, 0.2) is 18.2 Å². The molecule has 1 aromatic carbocycles. The summed E-state index contributed by atoms with van der Waals surface area (Å²) in [6.07, 6.45) is -3.86. The van der Waals surface area contributed by atoms with Gasteiger partial charge in [-0.1, -0.05) is 19.9 Å². The smallest absolute Gasteiger partial charge is 0.316 e. The van der Waals surface area contributed by atoms with E-state index in [0.717, 1.165) is 31.6 Å². The zero-order valence-electron chi connectivity index (χ0n) is 11.6. The molecule has 1 nitrogen and oxygen atoms in total. The first kappa shape index (κ1) is 15.3. The van der Waals surface area contributed by atoms with Crippen LogP contribution in [0.3, 0.4) is 0 Å². The van der Waals surface area contributed by atoms with E-state index in [-0.39, 0.29) is 11.8 Å². The van der Waals surface area contributed by atoms with E-state index in [2.05, 4.69) is 19.2 Å². The minimum atomic E-state index is -4.64. The highest BCUT2D eigenvalue weighted by atomic mass is 19.4. The van der Waals surface area contributed by atoms with Gasteiger partial charge in [0, 0.05) is 0 Å². The predicted molar refractivity (Wildman–Crippen MR) is 70.0 cm³/mol. The third-order valence-electron chi connectivity index (χ3n) is 4.11. The van der Waals surface area contributed by atoms with Crippen LogP contribution in [0, 0.1) is 17.7 Å². The van der Waals surface area contributed by atoms with E-state index in [4.69, 9.17) is 0 Å². The average molecular weight is 289 g/mol. The van der Waals surface area contributed by atoms with Crippen molar-refractivity contribution in [1.29, 1.82) is 0 Å². The van der Waals surface area contributed by atoms with Crippen LogP contribution < -0.4 is 5.32 Å². The molecule has 2 atom stereocenters. The minimum Gasteiger partial charge on any atom is -0.316 e. The highest BCUT2D eigenvalue weighted by molar-refractivity contribution is 5.30. The van der Waals surface area contributed by atoms with Crippen molar-refractivity contribution in [1.82, 2.24) is 5.32 Å². The summed E-state index contributed by atoms with van der Waals surface area (Å²) in [5.41, 5.74) is -0.560. The van der Waals surface area contributed by atoms with Gasteiger partial charge in [0.2, 0.25) is 0 Å². The van der Waals surface area contributed by atoms with Crippen LogP contribution in [0.5, 0.6) is 0 Å². The molecule has 0 amide bonds. The van der Waals surface area contributed by atoms with E-state index in [1.807, 2.05) is 0 Å². The maximum absolute atomic E-state index is 13.4. The van der Waals surface area contributed by atoms with Crippen molar-refractivity contribution < 1.29 is 17.6 Å². The lowest BCUT2D eigenvalue weighted by atomic mass is 9.75. The van der Waals surface area contributed by atoms with Gasteiger partial charge in [0.25, 0.3) is 0 Å². The van der Waals surface area contributed by atoms with Gasteiger partial charge in [-0.3, -0.25) is 0 Å². The van der Waals surface area contributed by atoms with Gasteiger partial charge < -0.3 is 5.32 Å². The van der Waals surface area contributed by atoms with Crippen molar-refractivity contribution in [2.75, 3.05) is 13.1 Å². The van der Waals surface area contributed by atoms with Crippen molar-refractivity contribution in [2.45, 2.75) is 32.4 Å². The molecular weight excluding hydrogens is 270 g/mol. The monoisotopic (exact) mass is 289 g/mol. The van der Waals surface area contributed by atoms with Gasteiger partial charge >= 0.3 is 6.18 Å². The quantitative estimate of drug-likeness (QED) is 0.805. The van der Waals surface area contributed by atoms with Crippen molar-refractivity contribution in [3.8, 4) is 0 Å². The van der Waals surface area contributed by atoms with E-state index in [1.54, 1.807) is 0 Å². The van der Waals surface area contributed by atoms with Crippen LogP contribution in [0.25, 0.3) is 0 Å². The van der Waals surface area contributed by atoms with Gasteiger partial charge in [0.05, 0.1) is 5.56 Å². The van der Waals surface area contributed by atoms with Gasteiger partial charge in [-0.15, -0.1) is 0 Å². The summed E-state index contributed by atoms with van der Waals surface area (Å²) < 4.78 is 51.8. The van der Waals surface area contributed by atoms with E-state index >= 15 is 0 Å². The Morgan fingerprint density at radius 2 is 1.95 bits per heavy atom. The molecule has 0 saturated carbocycles. The summed E-state index contributed by atoms with van der Waals surface area (Å²) >= 11 is 0. The third kappa shape index (κ3) is 3.14. The van der Waals surface area contributed by atoms with Crippen molar-refractivity contribution in [3.63, 3.8) is 0 Å². The van der Waals surface area contributed by atoms with Gasteiger partial charge in [0.15, 0.2) is 0 Å². The number of piperidine rings is 1. The molecule has 5 heteroatoms. The molecule has 0 bridgehead atoms. The normalized spacial score (nSPS) is 24.1. The van der Waals surface area contributed by atoms with Gasteiger partial charge in [0.1, 0.15) is 5.82 Å². The number of alkyl halides is 3. The maximum Gasteiger partial charge on any atom is 0.419 e. The Labute approximate surface area is 116 Å². The zero-order valence-corrected chi connectivity index (χ0v) is 11.6. The fourth-order valence-corrected chi connectivity index (χ4v) is 2.99. The molecule has 0 aromatic heterocycles. The summed E-state index contributed by atoms with van der Waals surface area (Å²) in [5, 5.41) is 3.28. The topological polar surface area (TPSA) is 12.0 Å². The molecule has 2 unspecified atom stereocenters. The molecule has 1 aliphatic heterocycles. The Bertz CT molecular complexity index is 467. The molecule has 0 spiro atoms. The maximum atomic E-state index is 13.4. The molecule has 1 heterocycles. The second-order valence-corrected chi connectivity index (χ2v) is 5.74. The lowest BCUT2D eigenvalue weighted by molar-refractivity contribution is -0.140. The molecule has 1 fully saturated rings. The zero-order chi connectivity index (χ0) is 14.9. The molecular formula is C15H19F4N. The third-order valence-corrected chi connectivity index (χ3v) is 4.11. The van der Waals surface area contributed by atoms with Gasteiger partial charge in [-0.2, -0.15) is 13.2 Å². The van der Waals surface area contributed by atoms with E-state index in [9.17, 15) is 17.6 Å². The first-order valence-corrected chi connectivity index (χ1v) is 6.88. The van der Waals surface area contributed by atoms with Crippen LogP contribution >= 0.6 is 0 Å². The predicted octanol–water partition coefficient (Wildman–Crippen LogP) is 4.19. The van der Waals surface area contributed by atoms with Crippen LogP contribution in [-0.2, 0) is 6.18 Å². The Morgan fingerprint density at radius 1 is 1.25 bits per heavy atom. The van der Waals surface area contributed by atoms with Crippen molar-refractivity contribution in [2.24, 2.45) is 11.8 Å². The van der Waals surface area contributed by atoms with Gasteiger partial charge in [-0.25, -0.2) is 4.39 Å². The standard InChI is InChI=1S/C15H19F4N/c1-9(2)12-8-20-6-5-11(12)10-3-4-14(16)13(7-10)15(17,18)19/h3-4,7,9,11-12,20H,5-6,8H2,1-2H3. The average Bonchev–Trinajstić information content (AvgIpc) is 2.38. The minimum absolute atomic E-state index is 0.0537. The summed E-state index contributed by atoms with van der Waals surface area (Å²) in [4.78, 5) is 0. The Morgan fingerprint density at radius 3 is 2.55 bits per heavy atom. The molecule has 1 aliphatic rings. The molecule has 112 valence electrons. The van der Waals surface area contributed by atoms with Gasteiger partial charge in [-0.05, 0) is 55.0 Å². The Balaban J connectivity index is 2.36. The van der Waals surface area contributed by atoms with E-state index < -0.39 is 17.6 Å². The number of rotatable bonds is 2. The molecule has 2 rings (SSSR count). The van der Waals surface area contributed by atoms with Crippen LogP contribution in [0.4, 0.5) is 17.6 Å². The largest absolute Gasteiger partial charge is 0.419 e. The summed E-state index contributed by atoms with van der Waals surface area (Å²) in [5.74, 6) is -0.503. The summed E-state index contributed by atoms with van der Waals surface area (Å²) in [7, 11) is 0. The number of halogens is 4. The van der Waals surface area contributed by atoms with E-state index in [0.29, 0.717) is 11.5 Å². The number of benzene rings is 1. The summed E-state index contributed by atoms with van der Waals surface area (Å²) in [6.45, 7) is 5.71. The first-order valence-electron chi connectivity index (χ1n) is 6.88. The number of hydrogen-bond acceptors (Lipinski definition) is 1. The van der Waals surface area contributed by atoms with Crippen molar-refractivity contribution in [3.05, 3.63) is 35.1 Å². The molecule has 0 radical (unpaired) electrons. The fraction of sp³-hybridized carbons (Fsp3) is 0.600. The molecule has 20 heavy (non-hydrogen) atoms. The summed E-state index contributed by atoms with van der Waals surface area (Å²) in [6, 6.07) is 3.42. The van der Waals surface area contributed by atoms with Crippen LogP contribution in [-0.4, -0.2) is 13.1 Å². The number of hydrogen-bond donors (Lipinski definition) is 1. The molecule has 1 aromatic rings.